The van der Waals surface area contributed by atoms with Crippen LogP contribution in [0.4, 0.5) is 0 Å². The maximum atomic E-state index is 13.2. The van der Waals surface area contributed by atoms with Gasteiger partial charge in [0.15, 0.2) is 0 Å². The minimum atomic E-state index is -0.807. The van der Waals surface area contributed by atoms with Crippen LogP contribution in [0.15, 0.2) is 52.5 Å². The molecule has 0 aliphatic carbocycles. The second kappa shape index (κ2) is 11.2. The van der Waals surface area contributed by atoms with Gasteiger partial charge in [0.2, 0.25) is 0 Å². The molecule has 2 heterocycles. The van der Waals surface area contributed by atoms with Crippen molar-refractivity contribution in [1.29, 1.82) is 0 Å². The quantitative estimate of drug-likeness (QED) is 0.297. The van der Waals surface area contributed by atoms with E-state index in [1.165, 1.54) is 17.0 Å². The lowest BCUT2D eigenvalue weighted by atomic mass is 9.95. The number of halogens is 1. The summed E-state index contributed by atoms with van der Waals surface area (Å²) in [5.41, 5.74) is 0.678. The van der Waals surface area contributed by atoms with Crippen molar-refractivity contribution in [3.05, 3.63) is 63.6 Å². The van der Waals surface area contributed by atoms with Gasteiger partial charge in [-0.25, -0.2) is 0 Å². The zero-order valence-corrected chi connectivity index (χ0v) is 21.2. The molecule has 2 aromatic rings. The Morgan fingerprint density at radius 2 is 1.91 bits per heavy atom. The Kier molecular flexibility index (Phi) is 8.10. The van der Waals surface area contributed by atoms with Gasteiger partial charge in [-0.3, -0.25) is 14.5 Å². The molecule has 0 unspecified atom stereocenters. The number of amides is 1. The van der Waals surface area contributed by atoms with E-state index in [1.54, 1.807) is 24.3 Å². The molecule has 0 saturated carbocycles. The third-order valence-electron chi connectivity index (χ3n) is 6.22. The van der Waals surface area contributed by atoms with Crippen LogP contribution in [0.1, 0.15) is 30.5 Å². The standard InChI is InChI=1S/C26H29BrN2O6/c1-2-35-19-6-3-5-17(15-19)23-22(24(31)20-16-18(27)7-8-21(20)30)25(32)26(33)29(23)10-4-9-28-11-13-34-14-12-28/h3,5-8,15-16,23,30-31H,2,4,9-14H2,1H3/t23-/m1/s1. The van der Waals surface area contributed by atoms with Crippen LogP contribution in [0.2, 0.25) is 0 Å². The number of ether oxygens (including phenoxy) is 2. The van der Waals surface area contributed by atoms with Crippen molar-refractivity contribution >= 4 is 33.4 Å². The Morgan fingerprint density at radius 1 is 1.14 bits per heavy atom. The fourth-order valence-electron chi connectivity index (χ4n) is 4.53. The molecule has 2 aromatic carbocycles. The van der Waals surface area contributed by atoms with Gasteiger partial charge in [-0.05, 0) is 49.2 Å². The molecule has 2 aliphatic rings. The summed E-state index contributed by atoms with van der Waals surface area (Å²) in [5, 5.41) is 21.6. The lowest BCUT2D eigenvalue weighted by Gasteiger charge is -2.29. The van der Waals surface area contributed by atoms with Crippen LogP contribution in [-0.4, -0.2) is 77.7 Å². The summed E-state index contributed by atoms with van der Waals surface area (Å²) in [7, 11) is 0. The number of aliphatic hydroxyl groups is 1. The number of phenols is 1. The van der Waals surface area contributed by atoms with Crippen LogP contribution in [-0.2, 0) is 14.3 Å². The summed E-state index contributed by atoms with van der Waals surface area (Å²) < 4.78 is 11.7. The van der Waals surface area contributed by atoms with E-state index in [-0.39, 0.29) is 16.9 Å². The maximum Gasteiger partial charge on any atom is 0.295 e. The van der Waals surface area contributed by atoms with E-state index in [2.05, 4.69) is 20.8 Å². The number of aliphatic hydroxyl groups excluding tert-OH is 1. The van der Waals surface area contributed by atoms with Gasteiger partial charge in [-0.2, -0.15) is 0 Å². The molecule has 0 radical (unpaired) electrons. The lowest BCUT2D eigenvalue weighted by Crippen LogP contribution is -2.38. The number of ketones is 1. The maximum absolute atomic E-state index is 13.2. The van der Waals surface area contributed by atoms with Crippen LogP contribution in [0.25, 0.3) is 5.76 Å². The highest BCUT2D eigenvalue weighted by atomic mass is 79.9. The lowest BCUT2D eigenvalue weighted by molar-refractivity contribution is -0.140. The number of Topliss-reactive ketones (excluding diaryl/α,β-unsaturated/α-hetero) is 1. The van der Waals surface area contributed by atoms with Crippen molar-refractivity contribution in [2.45, 2.75) is 19.4 Å². The second-order valence-electron chi connectivity index (χ2n) is 8.47. The van der Waals surface area contributed by atoms with E-state index in [9.17, 15) is 19.8 Å². The van der Waals surface area contributed by atoms with Gasteiger partial charge in [-0.1, -0.05) is 28.1 Å². The summed E-state index contributed by atoms with van der Waals surface area (Å²) in [6.07, 6.45) is 0.664. The van der Waals surface area contributed by atoms with E-state index in [0.717, 1.165) is 19.6 Å². The van der Waals surface area contributed by atoms with Crippen LogP contribution in [0.5, 0.6) is 11.5 Å². The molecule has 2 saturated heterocycles. The molecule has 8 nitrogen and oxygen atoms in total. The molecule has 4 rings (SSSR count). The number of carbonyl (C=O) groups is 2. The van der Waals surface area contributed by atoms with Crippen molar-refractivity contribution in [3.8, 4) is 11.5 Å². The van der Waals surface area contributed by atoms with Crippen molar-refractivity contribution in [1.82, 2.24) is 9.80 Å². The first-order valence-corrected chi connectivity index (χ1v) is 12.5. The monoisotopic (exact) mass is 544 g/mol. The minimum absolute atomic E-state index is 0.0524. The van der Waals surface area contributed by atoms with E-state index >= 15 is 0 Å². The largest absolute Gasteiger partial charge is 0.507 e. The van der Waals surface area contributed by atoms with Crippen LogP contribution in [0, 0.1) is 0 Å². The molecule has 2 aliphatic heterocycles. The average Bonchev–Trinajstić information content (AvgIpc) is 3.11. The van der Waals surface area contributed by atoms with Crippen LogP contribution in [0.3, 0.4) is 0 Å². The molecule has 9 heteroatoms. The number of morpholine rings is 1. The number of rotatable bonds is 8. The first kappa shape index (κ1) is 25.2. The Morgan fingerprint density at radius 3 is 2.66 bits per heavy atom. The van der Waals surface area contributed by atoms with E-state index in [0.29, 0.717) is 48.6 Å². The van der Waals surface area contributed by atoms with Gasteiger partial charge in [0.05, 0.1) is 37.0 Å². The molecule has 1 amide bonds. The fourth-order valence-corrected chi connectivity index (χ4v) is 4.89. The molecule has 0 spiro atoms. The van der Waals surface area contributed by atoms with Crippen molar-refractivity contribution in [2.24, 2.45) is 0 Å². The Hall–Kier alpha value is -2.88. The predicted molar refractivity (Wildman–Crippen MR) is 134 cm³/mol. The molecule has 0 aromatic heterocycles. The van der Waals surface area contributed by atoms with Gasteiger partial charge >= 0.3 is 0 Å². The highest BCUT2D eigenvalue weighted by Gasteiger charge is 2.46. The molecule has 186 valence electrons. The summed E-state index contributed by atoms with van der Waals surface area (Å²) in [5.74, 6) is -1.44. The first-order valence-electron chi connectivity index (χ1n) is 11.7. The van der Waals surface area contributed by atoms with Gasteiger partial charge in [0.1, 0.15) is 17.3 Å². The molecular formula is C26H29BrN2O6. The van der Waals surface area contributed by atoms with Gasteiger partial charge in [0, 0.05) is 30.7 Å². The SMILES string of the molecule is CCOc1cccc([C@@H]2C(=C(O)c3cc(Br)ccc3O)C(=O)C(=O)N2CCCN2CCOCC2)c1. The van der Waals surface area contributed by atoms with Crippen molar-refractivity contribution < 1.29 is 29.3 Å². The number of nitrogens with zero attached hydrogens (tertiary/aromatic N) is 2. The third kappa shape index (κ3) is 5.52. The second-order valence-corrected chi connectivity index (χ2v) is 9.38. The zero-order valence-electron chi connectivity index (χ0n) is 19.6. The summed E-state index contributed by atoms with van der Waals surface area (Å²) in [6.45, 7) is 6.49. The van der Waals surface area contributed by atoms with E-state index < -0.39 is 23.5 Å². The number of hydrogen-bond acceptors (Lipinski definition) is 7. The smallest absolute Gasteiger partial charge is 0.295 e. The third-order valence-corrected chi connectivity index (χ3v) is 6.71. The number of hydrogen-bond donors (Lipinski definition) is 2. The molecular weight excluding hydrogens is 516 g/mol. The number of likely N-dealkylation sites (tertiary alicyclic amines) is 1. The number of aromatic hydroxyl groups is 1. The average molecular weight is 545 g/mol. The predicted octanol–water partition coefficient (Wildman–Crippen LogP) is 3.70. The Balaban J connectivity index is 1.72. The van der Waals surface area contributed by atoms with Gasteiger partial charge in [0.25, 0.3) is 11.7 Å². The molecule has 1 atom stereocenters. The number of phenolic OH excluding ortho intramolecular Hbond substituents is 1. The zero-order chi connectivity index (χ0) is 24.9. The minimum Gasteiger partial charge on any atom is -0.507 e. The highest BCUT2D eigenvalue weighted by molar-refractivity contribution is 9.10. The molecule has 35 heavy (non-hydrogen) atoms. The fraction of sp³-hybridized carbons (Fsp3) is 0.385. The van der Waals surface area contributed by atoms with Crippen LogP contribution < -0.4 is 4.74 Å². The molecule has 2 fully saturated rings. The molecule has 0 bridgehead atoms. The van der Waals surface area contributed by atoms with Crippen molar-refractivity contribution in [3.63, 3.8) is 0 Å². The number of carbonyl (C=O) groups excluding carboxylic acids is 2. The van der Waals surface area contributed by atoms with Crippen LogP contribution >= 0.6 is 15.9 Å². The Labute approximate surface area is 212 Å². The summed E-state index contributed by atoms with van der Waals surface area (Å²) in [4.78, 5) is 30.2. The summed E-state index contributed by atoms with van der Waals surface area (Å²) >= 11 is 3.33. The first-order chi connectivity index (χ1) is 16.9. The molecule has 2 N–H and O–H groups in total. The van der Waals surface area contributed by atoms with E-state index in [1.807, 2.05) is 13.0 Å². The van der Waals surface area contributed by atoms with Gasteiger partial charge < -0.3 is 24.6 Å². The van der Waals surface area contributed by atoms with E-state index in [4.69, 9.17) is 9.47 Å². The normalized spacial score (nSPS) is 20.4. The summed E-state index contributed by atoms with van der Waals surface area (Å²) in [6, 6.07) is 10.9. The topological polar surface area (TPSA) is 99.5 Å². The number of benzene rings is 2. The Bertz CT molecular complexity index is 1130. The van der Waals surface area contributed by atoms with Gasteiger partial charge in [-0.15, -0.1) is 0 Å². The van der Waals surface area contributed by atoms with Crippen molar-refractivity contribution in [2.75, 3.05) is 46.0 Å². The highest BCUT2D eigenvalue weighted by Crippen LogP contribution is 2.42.